The molecule has 1 fully saturated rings. The van der Waals surface area contributed by atoms with Gasteiger partial charge in [0.15, 0.2) is 6.61 Å². The fourth-order valence-corrected chi connectivity index (χ4v) is 4.47. The molecule has 2 N–H and O–H groups in total. The minimum Gasteiger partial charge on any atom is -0.478 e. The minimum absolute atomic E-state index is 0.0293. The lowest BCUT2D eigenvalue weighted by Crippen LogP contribution is -2.58. The van der Waals surface area contributed by atoms with Crippen LogP contribution in [0.2, 0.25) is 5.02 Å². The summed E-state index contributed by atoms with van der Waals surface area (Å²) in [5.41, 5.74) is 2.22. The molecule has 1 aliphatic heterocycles. The molecule has 1 amide bonds. The number of hydrogen-bond donors (Lipinski definition) is 2. The van der Waals surface area contributed by atoms with Crippen molar-refractivity contribution >= 4 is 29.2 Å². The number of nitrogens with zero attached hydrogens (tertiary/aromatic N) is 4. The number of ether oxygens (including phenoxy) is 1. The highest BCUT2D eigenvalue weighted by atomic mass is 35.5. The van der Waals surface area contributed by atoms with Gasteiger partial charge >= 0.3 is 5.97 Å². The first-order valence-electron chi connectivity index (χ1n) is 12.2. The van der Waals surface area contributed by atoms with Crippen LogP contribution in [0.3, 0.4) is 0 Å². The van der Waals surface area contributed by atoms with E-state index in [1.165, 1.54) is 30.6 Å². The number of rotatable bonds is 9. The monoisotopic (exact) mass is 541 g/mol. The van der Waals surface area contributed by atoms with E-state index >= 15 is 0 Å². The molecule has 38 heavy (non-hydrogen) atoms. The Morgan fingerprint density at radius 1 is 1.11 bits per heavy atom. The molecular formula is C27H29ClFN5O4. The summed E-state index contributed by atoms with van der Waals surface area (Å²) in [6.45, 7) is 6.06. The molecule has 2 aromatic heterocycles. The van der Waals surface area contributed by atoms with Crippen molar-refractivity contribution in [3.05, 3.63) is 82.5 Å². The highest BCUT2D eigenvalue weighted by molar-refractivity contribution is 6.30. The third kappa shape index (κ3) is 6.96. The molecule has 2 unspecified atom stereocenters. The van der Waals surface area contributed by atoms with Crippen LogP contribution in [0.4, 0.5) is 10.1 Å². The van der Waals surface area contributed by atoms with E-state index < -0.39 is 5.97 Å². The van der Waals surface area contributed by atoms with E-state index in [4.69, 9.17) is 21.4 Å². The number of halogens is 2. The number of anilines is 1. The molecule has 4 rings (SSSR count). The topological polar surface area (TPSA) is 108 Å². The molecule has 200 valence electrons. The highest BCUT2D eigenvalue weighted by Crippen LogP contribution is 2.26. The van der Waals surface area contributed by atoms with Crippen LogP contribution in [-0.2, 0) is 17.9 Å². The molecule has 0 spiro atoms. The molecule has 0 aliphatic carbocycles. The zero-order chi connectivity index (χ0) is 27.2. The van der Waals surface area contributed by atoms with Gasteiger partial charge in [-0.05, 0) is 49.7 Å². The van der Waals surface area contributed by atoms with Crippen LogP contribution in [0.25, 0.3) is 0 Å². The van der Waals surface area contributed by atoms with Crippen molar-refractivity contribution < 1.29 is 23.8 Å². The third-order valence-corrected chi connectivity index (χ3v) is 6.62. The Labute approximate surface area is 225 Å². The first-order valence-corrected chi connectivity index (χ1v) is 12.6. The predicted molar refractivity (Wildman–Crippen MR) is 141 cm³/mol. The second kappa shape index (κ2) is 12.2. The second-order valence-corrected chi connectivity index (χ2v) is 9.73. The van der Waals surface area contributed by atoms with Crippen LogP contribution in [0, 0.1) is 5.82 Å². The van der Waals surface area contributed by atoms with Gasteiger partial charge in [-0.25, -0.2) is 14.2 Å². The van der Waals surface area contributed by atoms with E-state index in [0.717, 1.165) is 5.56 Å². The van der Waals surface area contributed by atoms with Crippen LogP contribution in [0.1, 0.15) is 35.5 Å². The normalized spacial score (nSPS) is 17.7. The van der Waals surface area contributed by atoms with E-state index in [-0.39, 0.29) is 48.4 Å². The number of carboxylic acids is 1. The molecule has 1 aliphatic rings. The summed E-state index contributed by atoms with van der Waals surface area (Å²) in [5, 5.41) is 12.5. The molecule has 3 heterocycles. The molecule has 0 bridgehead atoms. The summed E-state index contributed by atoms with van der Waals surface area (Å²) in [5.74, 6) is -1.24. The second-order valence-electron chi connectivity index (χ2n) is 9.29. The molecule has 11 heteroatoms. The van der Waals surface area contributed by atoms with Gasteiger partial charge < -0.3 is 20.1 Å². The van der Waals surface area contributed by atoms with Gasteiger partial charge in [-0.3, -0.25) is 14.7 Å². The van der Waals surface area contributed by atoms with Crippen LogP contribution in [-0.4, -0.2) is 68.5 Å². The molecular weight excluding hydrogens is 513 g/mol. The largest absolute Gasteiger partial charge is 0.478 e. The van der Waals surface area contributed by atoms with E-state index in [9.17, 15) is 14.0 Å². The Morgan fingerprint density at radius 3 is 2.55 bits per heavy atom. The maximum absolute atomic E-state index is 13.2. The minimum atomic E-state index is -1.05. The van der Waals surface area contributed by atoms with Gasteiger partial charge in [-0.2, -0.15) is 0 Å². The molecule has 0 radical (unpaired) electrons. The lowest BCUT2D eigenvalue weighted by atomic mass is 10.1. The molecule has 1 aromatic carbocycles. The summed E-state index contributed by atoms with van der Waals surface area (Å²) in [4.78, 5) is 36.5. The van der Waals surface area contributed by atoms with E-state index in [0.29, 0.717) is 36.0 Å². The zero-order valence-electron chi connectivity index (χ0n) is 21.1. The first-order chi connectivity index (χ1) is 18.2. The highest BCUT2D eigenvalue weighted by Gasteiger charge is 2.32. The Bertz CT molecular complexity index is 1280. The van der Waals surface area contributed by atoms with Crippen molar-refractivity contribution in [3.8, 4) is 5.88 Å². The number of benzene rings is 1. The number of carbonyl (C=O) groups excluding carboxylic acids is 1. The Balaban J connectivity index is 1.34. The number of carboxylic acid groups (broad SMARTS) is 1. The maximum atomic E-state index is 13.2. The average Bonchev–Trinajstić information content (AvgIpc) is 2.90. The lowest BCUT2D eigenvalue weighted by Gasteiger charge is -2.44. The van der Waals surface area contributed by atoms with Gasteiger partial charge in [-0.15, -0.1) is 0 Å². The van der Waals surface area contributed by atoms with Crippen molar-refractivity contribution in [3.63, 3.8) is 0 Å². The fraction of sp³-hybridized carbons (Fsp3) is 0.333. The number of nitrogens with one attached hydrogen (secondary N) is 1. The van der Waals surface area contributed by atoms with Crippen molar-refractivity contribution in [2.45, 2.75) is 39.0 Å². The van der Waals surface area contributed by atoms with Crippen LogP contribution >= 0.6 is 11.6 Å². The summed E-state index contributed by atoms with van der Waals surface area (Å²) in [6.07, 6.45) is 2.72. The van der Waals surface area contributed by atoms with Gasteiger partial charge in [0.1, 0.15) is 5.82 Å². The zero-order valence-corrected chi connectivity index (χ0v) is 21.9. The van der Waals surface area contributed by atoms with Crippen molar-refractivity contribution in [2.75, 3.05) is 25.0 Å². The van der Waals surface area contributed by atoms with Crippen LogP contribution in [0.5, 0.6) is 5.88 Å². The number of piperazine rings is 1. The van der Waals surface area contributed by atoms with Gasteiger partial charge in [0, 0.05) is 44.1 Å². The summed E-state index contributed by atoms with van der Waals surface area (Å²) in [6, 6.07) is 11.3. The smallest absolute Gasteiger partial charge is 0.337 e. The number of carbonyl (C=O) groups is 2. The Hall–Kier alpha value is -3.76. The predicted octanol–water partition coefficient (Wildman–Crippen LogP) is 4.08. The summed E-state index contributed by atoms with van der Waals surface area (Å²) < 4.78 is 19.0. The van der Waals surface area contributed by atoms with E-state index in [1.807, 2.05) is 11.8 Å². The maximum Gasteiger partial charge on any atom is 0.337 e. The first kappa shape index (κ1) is 27.3. The van der Waals surface area contributed by atoms with Gasteiger partial charge in [0.2, 0.25) is 5.88 Å². The van der Waals surface area contributed by atoms with Gasteiger partial charge in [0.05, 0.1) is 28.5 Å². The number of aromatic nitrogens is 2. The summed E-state index contributed by atoms with van der Waals surface area (Å²) >= 11 is 6.12. The lowest BCUT2D eigenvalue weighted by molar-refractivity contribution is -0.139. The average molecular weight is 542 g/mol. The molecule has 3 aromatic rings. The van der Waals surface area contributed by atoms with Crippen LogP contribution in [0.15, 0.2) is 54.9 Å². The quantitative estimate of drug-likeness (QED) is 0.417. The van der Waals surface area contributed by atoms with E-state index in [1.54, 1.807) is 24.3 Å². The number of hydrogen-bond acceptors (Lipinski definition) is 7. The van der Waals surface area contributed by atoms with Gasteiger partial charge in [-0.1, -0.05) is 23.7 Å². The summed E-state index contributed by atoms with van der Waals surface area (Å²) in [7, 11) is 0. The van der Waals surface area contributed by atoms with Crippen molar-refractivity contribution in [2.24, 2.45) is 0 Å². The standard InChI is InChI=1S/C27H29ClFN5O4/c1-17-14-34(18(2)13-33(17)15-19-3-6-22(29)7-4-19)25(35)16-38-26-24(9-21(28)11-32-26)31-12-23-8-5-20(10-30-23)27(36)37/h3-11,17-18,31H,12-16H2,1-2H3,(H,36,37). The molecule has 2 atom stereocenters. The molecule has 9 nitrogen and oxygen atoms in total. The molecule has 1 saturated heterocycles. The molecule has 0 saturated carbocycles. The van der Waals surface area contributed by atoms with Gasteiger partial charge in [0.25, 0.3) is 5.91 Å². The number of amides is 1. The van der Waals surface area contributed by atoms with E-state index in [2.05, 4.69) is 27.1 Å². The number of aromatic carboxylic acids is 1. The van der Waals surface area contributed by atoms with Crippen molar-refractivity contribution in [1.29, 1.82) is 0 Å². The Kier molecular flexibility index (Phi) is 8.75. The third-order valence-electron chi connectivity index (χ3n) is 6.42. The number of pyridine rings is 2. The van der Waals surface area contributed by atoms with Crippen LogP contribution < -0.4 is 10.1 Å². The van der Waals surface area contributed by atoms with Crippen molar-refractivity contribution in [1.82, 2.24) is 19.8 Å². The Morgan fingerprint density at radius 2 is 1.87 bits per heavy atom. The fourth-order valence-electron chi connectivity index (χ4n) is 4.31. The SMILES string of the molecule is CC1CN(C(=O)COc2ncc(Cl)cc2NCc2ccc(C(=O)O)cn2)C(C)CN1Cc1ccc(F)cc1.